The summed E-state index contributed by atoms with van der Waals surface area (Å²) in [5.74, 6) is -0.240. The van der Waals surface area contributed by atoms with Gasteiger partial charge in [-0.1, -0.05) is 52.0 Å². The summed E-state index contributed by atoms with van der Waals surface area (Å²) in [6.45, 7) is 12.5. The van der Waals surface area contributed by atoms with E-state index < -0.39 is 11.0 Å². The molecule has 118 valence electrons. The van der Waals surface area contributed by atoms with Crippen LogP contribution in [0.3, 0.4) is 0 Å². The Bertz CT molecular complexity index is 491. The standard InChI is InChI=1S/C18H29NO2/c1-16(2,3)13-8-10-14(11-9-13)18(6,17(4,5)19)12-15(20)21-7/h8-11H,12,19H2,1-7H3. The van der Waals surface area contributed by atoms with Crippen LogP contribution in [0.15, 0.2) is 24.3 Å². The van der Waals surface area contributed by atoms with E-state index in [4.69, 9.17) is 10.5 Å². The second-order valence-electron chi connectivity index (χ2n) is 7.63. The number of hydrogen-bond acceptors (Lipinski definition) is 3. The van der Waals surface area contributed by atoms with Gasteiger partial charge < -0.3 is 10.5 Å². The van der Waals surface area contributed by atoms with Crippen molar-refractivity contribution >= 4 is 5.97 Å². The van der Waals surface area contributed by atoms with Crippen LogP contribution in [0.2, 0.25) is 0 Å². The highest BCUT2D eigenvalue weighted by Crippen LogP contribution is 2.38. The zero-order chi connectivity index (χ0) is 16.5. The number of esters is 1. The first kappa shape index (κ1) is 17.7. The maximum absolute atomic E-state index is 11.8. The van der Waals surface area contributed by atoms with Crippen LogP contribution in [0, 0.1) is 0 Å². The summed E-state index contributed by atoms with van der Waals surface area (Å²) in [6, 6.07) is 8.41. The largest absolute Gasteiger partial charge is 0.469 e. The molecule has 1 unspecified atom stereocenters. The molecule has 1 rings (SSSR count). The van der Waals surface area contributed by atoms with Crippen LogP contribution < -0.4 is 5.73 Å². The van der Waals surface area contributed by atoms with E-state index in [1.54, 1.807) is 0 Å². The summed E-state index contributed by atoms with van der Waals surface area (Å²) in [7, 11) is 1.41. The summed E-state index contributed by atoms with van der Waals surface area (Å²) < 4.78 is 4.85. The molecule has 0 fully saturated rings. The minimum atomic E-state index is -0.537. The Balaban J connectivity index is 3.25. The van der Waals surface area contributed by atoms with Crippen molar-refractivity contribution in [1.29, 1.82) is 0 Å². The van der Waals surface area contributed by atoms with Gasteiger partial charge in [0.1, 0.15) is 0 Å². The van der Waals surface area contributed by atoms with Crippen molar-refractivity contribution in [3.8, 4) is 0 Å². The summed E-state index contributed by atoms with van der Waals surface area (Å²) in [5.41, 5.74) is 7.79. The lowest BCUT2D eigenvalue weighted by Gasteiger charge is -2.41. The molecule has 0 heterocycles. The van der Waals surface area contributed by atoms with Crippen molar-refractivity contribution in [1.82, 2.24) is 0 Å². The summed E-state index contributed by atoms with van der Waals surface area (Å²) >= 11 is 0. The topological polar surface area (TPSA) is 52.3 Å². The number of carbonyl (C=O) groups excluding carboxylic acids is 1. The molecule has 0 aromatic heterocycles. The average Bonchev–Trinajstić information content (AvgIpc) is 2.36. The Kier molecular flexibility index (Phi) is 4.89. The molecular weight excluding hydrogens is 262 g/mol. The summed E-state index contributed by atoms with van der Waals surface area (Å²) in [6.07, 6.45) is 0.266. The van der Waals surface area contributed by atoms with Crippen molar-refractivity contribution in [3.63, 3.8) is 0 Å². The van der Waals surface area contributed by atoms with Gasteiger partial charge >= 0.3 is 5.97 Å². The first-order valence-electron chi connectivity index (χ1n) is 7.38. The molecule has 0 aliphatic heterocycles. The molecule has 2 N–H and O–H groups in total. The first-order chi connectivity index (χ1) is 9.41. The second kappa shape index (κ2) is 5.80. The highest BCUT2D eigenvalue weighted by molar-refractivity contribution is 5.71. The second-order valence-corrected chi connectivity index (χ2v) is 7.63. The Morgan fingerprint density at radius 3 is 1.76 bits per heavy atom. The SMILES string of the molecule is COC(=O)CC(C)(c1ccc(C(C)(C)C)cc1)C(C)(C)N. The van der Waals surface area contributed by atoms with Crippen molar-refractivity contribution in [2.24, 2.45) is 5.73 Å². The molecule has 3 nitrogen and oxygen atoms in total. The summed E-state index contributed by atoms with van der Waals surface area (Å²) in [4.78, 5) is 11.8. The number of methoxy groups -OCH3 is 1. The van der Waals surface area contributed by atoms with Crippen LogP contribution in [0.25, 0.3) is 0 Å². The fourth-order valence-electron chi connectivity index (χ4n) is 2.40. The third-order valence-electron chi connectivity index (χ3n) is 4.54. The first-order valence-corrected chi connectivity index (χ1v) is 7.38. The maximum atomic E-state index is 11.8. The molecule has 1 aromatic rings. The molecular formula is C18H29NO2. The lowest BCUT2D eigenvalue weighted by atomic mass is 9.66. The molecule has 0 aliphatic carbocycles. The Labute approximate surface area is 128 Å². The van der Waals surface area contributed by atoms with Gasteiger partial charge in [-0.2, -0.15) is 0 Å². The van der Waals surface area contributed by atoms with Gasteiger partial charge in [0.2, 0.25) is 0 Å². The molecule has 0 radical (unpaired) electrons. The smallest absolute Gasteiger partial charge is 0.306 e. The third-order valence-corrected chi connectivity index (χ3v) is 4.54. The van der Waals surface area contributed by atoms with E-state index in [2.05, 4.69) is 45.0 Å². The molecule has 21 heavy (non-hydrogen) atoms. The molecule has 0 spiro atoms. The van der Waals surface area contributed by atoms with Gasteiger partial charge in [-0.05, 0) is 30.4 Å². The zero-order valence-electron chi connectivity index (χ0n) is 14.4. The fourth-order valence-corrected chi connectivity index (χ4v) is 2.40. The molecule has 0 aliphatic rings. The molecule has 3 heteroatoms. The van der Waals surface area contributed by atoms with E-state index in [-0.39, 0.29) is 17.8 Å². The molecule has 1 atom stereocenters. The van der Waals surface area contributed by atoms with Gasteiger partial charge in [-0.15, -0.1) is 0 Å². The molecule has 0 saturated heterocycles. The van der Waals surface area contributed by atoms with Gasteiger partial charge in [0.15, 0.2) is 0 Å². The zero-order valence-corrected chi connectivity index (χ0v) is 14.4. The Morgan fingerprint density at radius 1 is 1.00 bits per heavy atom. The predicted octanol–water partition coefficient (Wildman–Crippen LogP) is 3.54. The van der Waals surface area contributed by atoms with E-state index in [9.17, 15) is 4.79 Å². The van der Waals surface area contributed by atoms with Gasteiger partial charge in [0.05, 0.1) is 13.5 Å². The molecule has 1 aromatic carbocycles. The Hall–Kier alpha value is -1.35. The van der Waals surface area contributed by atoms with Crippen LogP contribution in [-0.4, -0.2) is 18.6 Å². The van der Waals surface area contributed by atoms with Gasteiger partial charge in [-0.25, -0.2) is 0 Å². The quantitative estimate of drug-likeness (QED) is 0.863. The number of nitrogens with two attached hydrogens (primary N) is 1. The highest BCUT2D eigenvalue weighted by atomic mass is 16.5. The predicted molar refractivity (Wildman–Crippen MR) is 87.4 cm³/mol. The van der Waals surface area contributed by atoms with Crippen molar-refractivity contribution in [2.75, 3.05) is 7.11 Å². The lowest BCUT2D eigenvalue weighted by Crippen LogP contribution is -2.53. The minimum Gasteiger partial charge on any atom is -0.469 e. The number of hydrogen-bond donors (Lipinski definition) is 1. The van der Waals surface area contributed by atoms with Gasteiger partial charge in [0.25, 0.3) is 0 Å². The van der Waals surface area contributed by atoms with Gasteiger partial charge in [-0.3, -0.25) is 4.79 Å². The van der Waals surface area contributed by atoms with Crippen LogP contribution in [-0.2, 0) is 20.4 Å². The van der Waals surface area contributed by atoms with E-state index in [1.807, 2.05) is 20.8 Å². The third kappa shape index (κ3) is 3.85. The van der Waals surface area contributed by atoms with Crippen molar-refractivity contribution in [2.45, 2.75) is 64.3 Å². The number of rotatable bonds is 4. The van der Waals surface area contributed by atoms with E-state index >= 15 is 0 Å². The Morgan fingerprint density at radius 2 is 1.43 bits per heavy atom. The minimum absolute atomic E-state index is 0.107. The molecule has 0 saturated carbocycles. The average molecular weight is 291 g/mol. The van der Waals surface area contributed by atoms with Crippen LogP contribution in [0.4, 0.5) is 0 Å². The van der Waals surface area contributed by atoms with E-state index in [1.165, 1.54) is 12.7 Å². The normalized spacial score (nSPS) is 15.4. The maximum Gasteiger partial charge on any atom is 0.306 e. The van der Waals surface area contributed by atoms with Crippen LogP contribution >= 0.6 is 0 Å². The van der Waals surface area contributed by atoms with Crippen molar-refractivity contribution < 1.29 is 9.53 Å². The molecule has 0 amide bonds. The number of benzene rings is 1. The summed E-state index contributed by atoms with van der Waals surface area (Å²) in [5, 5.41) is 0. The lowest BCUT2D eigenvalue weighted by molar-refractivity contribution is -0.142. The van der Waals surface area contributed by atoms with Crippen LogP contribution in [0.5, 0.6) is 0 Å². The monoisotopic (exact) mass is 291 g/mol. The number of carbonyl (C=O) groups is 1. The van der Waals surface area contributed by atoms with E-state index in [0.29, 0.717) is 0 Å². The molecule has 0 bridgehead atoms. The highest BCUT2D eigenvalue weighted by Gasteiger charge is 2.41. The van der Waals surface area contributed by atoms with E-state index in [0.717, 1.165) is 5.56 Å². The number of ether oxygens (including phenoxy) is 1. The van der Waals surface area contributed by atoms with Gasteiger partial charge in [0, 0.05) is 11.0 Å². The van der Waals surface area contributed by atoms with Crippen molar-refractivity contribution in [3.05, 3.63) is 35.4 Å². The van der Waals surface area contributed by atoms with Crippen LogP contribution in [0.1, 0.15) is 59.1 Å². The fraction of sp³-hybridized carbons (Fsp3) is 0.611.